The van der Waals surface area contributed by atoms with Crippen LogP contribution < -0.4 is 0 Å². The van der Waals surface area contributed by atoms with Crippen LogP contribution in [0.15, 0.2) is 24.3 Å². The van der Waals surface area contributed by atoms with Crippen LogP contribution in [0.25, 0.3) is 0 Å². The molecule has 0 spiro atoms. The molecule has 0 saturated heterocycles. The number of hydrogen-bond donors (Lipinski definition) is 2. The fourth-order valence-electron chi connectivity index (χ4n) is 1.51. The Morgan fingerprint density at radius 1 is 1.00 bits per heavy atom. The summed E-state index contributed by atoms with van der Waals surface area (Å²) in [6, 6.07) is 4.97. The fraction of sp³-hybridized carbons (Fsp3) is 0.250. The molecule has 1 aromatic carbocycles. The van der Waals surface area contributed by atoms with E-state index < -0.39 is 23.1 Å². The van der Waals surface area contributed by atoms with Crippen LogP contribution in [0.3, 0.4) is 0 Å². The van der Waals surface area contributed by atoms with Crippen LogP contribution in [0.4, 0.5) is 0 Å². The molecule has 90 valence electrons. The molecule has 17 heavy (non-hydrogen) atoms. The number of carboxylic acids is 1. The van der Waals surface area contributed by atoms with E-state index in [1.54, 1.807) is 0 Å². The van der Waals surface area contributed by atoms with Gasteiger partial charge in [0.25, 0.3) is 0 Å². The van der Waals surface area contributed by atoms with Crippen molar-refractivity contribution >= 4 is 17.5 Å². The molecule has 1 rings (SSSR count). The van der Waals surface area contributed by atoms with Gasteiger partial charge in [-0.3, -0.25) is 9.59 Å². The largest absolute Gasteiger partial charge is 0.478 e. The quantitative estimate of drug-likeness (QED) is 0.752. The molecular formula is C12H12O5. The highest BCUT2D eigenvalue weighted by Gasteiger charge is 2.39. The molecule has 2 N–H and O–H groups in total. The summed E-state index contributed by atoms with van der Waals surface area (Å²) in [5.41, 5.74) is -2.11. The highest BCUT2D eigenvalue weighted by molar-refractivity contribution is 6.08. The molecular weight excluding hydrogens is 224 g/mol. The summed E-state index contributed by atoms with van der Waals surface area (Å²) >= 11 is 0. The molecule has 0 radical (unpaired) electrons. The van der Waals surface area contributed by atoms with E-state index >= 15 is 0 Å². The third kappa shape index (κ3) is 2.24. The number of carboxylic acid groups (broad SMARTS) is 1. The predicted molar refractivity (Wildman–Crippen MR) is 58.7 cm³/mol. The van der Waals surface area contributed by atoms with Crippen molar-refractivity contribution in [2.45, 2.75) is 19.4 Å². The molecule has 0 unspecified atom stereocenters. The lowest BCUT2D eigenvalue weighted by Crippen LogP contribution is -2.40. The topological polar surface area (TPSA) is 91.7 Å². The first-order valence-corrected chi connectivity index (χ1v) is 4.88. The summed E-state index contributed by atoms with van der Waals surface area (Å²) in [7, 11) is 0. The molecule has 0 amide bonds. The van der Waals surface area contributed by atoms with Crippen molar-refractivity contribution in [1.29, 1.82) is 0 Å². The van der Waals surface area contributed by atoms with Crippen molar-refractivity contribution in [3.05, 3.63) is 35.4 Å². The van der Waals surface area contributed by atoms with Gasteiger partial charge < -0.3 is 10.2 Å². The lowest BCUT2D eigenvalue weighted by Gasteiger charge is -2.22. The molecule has 0 saturated carbocycles. The maximum atomic E-state index is 11.3. The Morgan fingerprint density at radius 2 is 1.41 bits per heavy atom. The monoisotopic (exact) mass is 236 g/mol. The molecule has 0 atom stereocenters. The summed E-state index contributed by atoms with van der Waals surface area (Å²) in [5, 5.41) is 18.7. The normalized spacial score (nSPS) is 11.0. The highest BCUT2D eigenvalue weighted by Crippen LogP contribution is 2.24. The number of hydrogen-bond acceptors (Lipinski definition) is 4. The van der Waals surface area contributed by atoms with Crippen LogP contribution in [-0.2, 0) is 15.2 Å². The van der Waals surface area contributed by atoms with E-state index in [4.69, 9.17) is 5.11 Å². The van der Waals surface area contributed by atoms with E-state index in [9.17, 15) is 19.5 Å². The average Bonchev–Trinajstić information content (AvgIpc) is 2.27. The van der Waals surface area contributed by atoms with Crippen LogP contribution in [0.1, 0.15) is 29.8 Å². The van der Waals surface area contributed by atoms with Gasteiger partial charge >= 0.3 is 5.97 Å². The summed E-state index contributed by atoms with van der Waals surface area (Å²) in [6.45, 7) is 2.21. The first kappa shape index (κ1) is 13.1. The molecule has 5 nitrogen and oxygen atoms in total. The molecule has 0 aromatic heterocycles. The van der Waals surface area contributed by atoms with Crippen molar-refractivity contribution in [2.75, 3.05) is 0 Å². The second-order valence-electron chi connectivity index (χ2n) is 3.71. The Bertz CT molecular complexity index is 458. The number of carbonyl (C=O) groups is 3. The number of aromatic carboxylic acids is 1. The van der Waals surface area contributed by atoms with Gasteiger partial charge in [0.05, 0.1) is 5.56 Å². The summed E-state index contributed by atoms with van der Waals surface area (Å²) in [6.07, 6.45) is 0. The second kappa shape index (κ2) is 4.47. The van der Waals surface area contributed by atoms with Crippen LogP contribution in [0.5, 0.6) is 0 Å². The van der Waals surface area contributed by atoms with Crippen LogP contribution in [0, 0.1) is 0 Å². The van der Waals surface area contributed by atoms with E-state index in [1.807, 2.05) is 0 Å². The maximum absolute atomic E-state index is 11.3. The van der Waals surface area contributed by atoms with E-state index in [0.717, 1.165) is 13.8 Å². The zero-order valence-electron chi connectivity index (χ0n) is 9.43. The Morgan fingerprint density at radius 3 is 1.71 bits per heavy atom. The Balaban J connectivity index is 3.27. The predicted octanol–water partition coefficient (Wildman–Crippen LogP) is 0.750. The highest BCUT2D eigenvalue weighted by atomic mass is 16.4. The van der Waals surface area contributed by atoms with Gasteiger partial charge in [-0.05, 0) is 31.5 Å². The molecule has 0 aliphatic heterocycles. The first-order valence-electron chi connectivity index (χ1n) is 4.88. The average molecular weight is 236 g/mol. The molecule has 0 aliphatic rings. The maximum Gasteiger partial charge on any atom is 0.335 e. The van der Waals surface area contributed by atoms with Gasteiger partial charge in [0.15, 0.2) is 11.6 Å². The van der Waals surface area contributed by atoms with Gasteiger partial charge in [-0.15, -0.1) is 0 Å². The van der Waals surface area contributed by atoms with Crippen LogP contribution >= 0.6 is 0 Å². The molecule has 0 fully saturated rings. The second-order valence-corrected chi connectivity index (χ2v) is 3.71. The zero-order valence-corrected chi connectivity index (χ0v) is 9.43. The number of Topliss-reactive ketones (excluding diaryl/α,β-unsaturated/α-hetero) is 2. The summed E-state index contributed by atoms with van der Waals surface area (Å²) in [5.74, 6) is -2.52. The first-order chi connectivity index (χ1) is 7.80. The lowest BCUT2D eigenvalue weighted by atomic mass is 9.86. The van der Waals surface area contributed by atoms with Gasteiger partial charge in [-0.1, -0.05) is 12.1 Å². The Kier molecular flexibility index (Phi) is 3.43. The van der Waals surface area contributed by atoms with E-state index in [1.165, 1.54) is 24.3 Å². The molecule has 0 aliphatic carbocycles. The Labute approximate surface area is 97.7 Å². The minimum absolute atomic E-state index is 0.0169. The SMILES string of the molecule is CC(=O)C(O)(C(C)=O)c1ccc(C(=O)O)cc1. The molecule has 0 heterocycles. The molecule has 1 aromatic rings. The van der Waals surface area contributed by atoms with Crippen LogP contribution in [-0.4, -0.2) is 27.7 Å². The summed E-state index contributed by atoms with van der Waals surface area (Å²) < 4.78 is 0. The minimum atomic E-state index is -2.20. The van der Waals surface area contributed by atoms with Crippen molar-refractivity contribution in [3.63, 3.8) is 0 Å². The standard InChI is InChI=1S/C12H12O5/c1-7(13)12(17,8(2)14)10-5-3-9(4-6-10)11(15)16/h3-6,17H,1-2H3,(H,15,16). The minimum Gasteiger partial charge on any atom is -0.478 e. The Hall–Kier alpha value is -2.01. The number of benzene rings is 1. The number of carbonyl (C=O) groups excluding carboxylic acids is 2. The van der Waals surface area contributed by atoms with Crippen molar-refractivity contribution in [1.82, 2.24) is 0 Å². The summed E-state index contributed by atoms with van der Waals surface area (Å²) in [4.78, 5) is 33.3. The third-order valence-corrected chi connectivity index (χ3v) is 2.57. The van der Waals surface area contributed by atoms with E-state index in [2.05, 4.69) is 0 Å². The number of rotatable bonds is 4. The van der Waals surface area contributed by atoms with Crippen LogP contribution in [0.2, 0.25) is 0 Å². The van der Waals surface area contributed by atoms with Gasteiger partial charge in [0.1, 0.15) is 0 Å². The van der Waals surface area contributed by atoms with E-state index in [0.29, 0.717) is 0 Å². The van der Waals surface area contributed by atoms with Crippen molar-refractivity contribution in [2.24, 2.45) is 0 Å². The van der Waals surface area contributed by atoms with E-state index in [-0.39, 0.29) is 11.1 Å². The molecule has 0 bridgehead atoms. The van der Waals surface area contributed by atoms with Crippen molar-refractivity contribution in [3.8, 4) is 0 Å². The number of aliphatic hydroxyl groups is 1. The number of ketones is 2. The lowest BCUT2D eigenvalue weighted by molar-refractivity contribution is -0.149. The van der Waals surface area contributed by atoms with Gasteiger partial charge in [0, 0.05) is 0 Å². The van der Waals surface area contributed by atoms with Gasteiger partial charge in [-0.25, -0.2) is 4.79 Å². The van der Waals surface area contributed by atoms with Crippen molar-refractivity contribution < 1.29 is 24.6 Å². The smallest absolute Gasteiger partial charge is 0.335 e. The molecule has 5 heteroatoms. The van der Waals surface area contributed by atoms with Gasteiger partial charge in [0.2, 0.25) is 5.60 Å². The van der Waals surface area contributed by atoms with Gasteiger partial charge in [-0.2, -0.15) is 0 Å². The fourth-order valence-corrected chi connectivity index (χ4v) is 1.51. The third-order valence-electron chi connectivity index (χ3n) is 2.57. The zero-order chi connectivity index (χ0) is 13.2.